The first-order chi connectivity index (χ1) is 9.15. The van der Waals surface area contributed by atoms with Gasteiger partial charge in [-0.1, -0.05) is 28.1 Å². The summed E-state index contributed by atoms with van der Waals surface area (Å²) < 4.78 is 0.973. The van der Waals surface area contributed by atoms with Crippen LogP contribution >= 0.6 is 15.9 Å². The van der Waals surface area contributed by atoms with Crippen LogP contribution in [0.25, 0.3) is 0 Å². The van der Waals surface area contributed by atoms with E-state index in [4.69, 9.17) is 0 Å². The van der Waals surface area contributed by atoms with Crippen molar-refractivity contribution in [3.05, 3.63) is 45.6 Å². The highest BCUT2D eigenvalue weighted by atomic mass is 79.9. The van der Waals surface area contributed by atoms with Gasteiger partial charge in [0.25, 0.3) is 0 Å². The Morgan fingerprint density at radius 2 is 1.84 bits per heavy atom. The van der Waals surface area contributed by atoms with Crippen LogP contribution in [-0.4, -0.2) is 11.8 Å². The maximum Gasteiger partial charge on any atom is 0.319 e. The molecule has 5 heteroatoms. The first kappa shape index (κ1) is 12.4. The Morgan fingerprint density at radius 1 is 1.11 bits per heavy atom. The molecular formula is C14H13BrN2O2. The Morgan fingerprint density at radius 3 is 2.58 bits per heavy atom. The maximum absolute atomic E-state index is 12.1. The molecule has 0 aromatic heterocycles. The van der Waals surface area contributed by atoms with Crippen LogP contribution in [0, 0.1) is 0 Å². The van der Waals surface area contributed by atoms with Crippen LogP contribution in [0.4, 0.5) is 4.79 Å². The zero-order valence-corrected chi connectivity index (χ0v) is 11.8. The summed E-state index contributed by atoms with van der Waals surface area (Å²) in [6, 6.07) is 7.11. The zero-order valence-electron chi connectivity index (χ0n) is 10.2. The van der Waals surface area contributed by atoms with Gasteiger partial charge in [-0.2, -0.15) is 0 Å². The molecule has 0 radical (unpaired) electrons. The Labute approximate surface area is 119 Å². The van der Waals surface area contributed by atoms with E-state index in [9.17, 15) is 9.59 Å². The molecule has 2 aliphatic rings. The van der Waals surface area contributed by atoms with Crippen molar-refractivity contribution in [3.63, 3.8) is 0 Å². The highest BCUT2D eigenvalue weighted by Crippen LogP contribution is 2.33. The van der Waals surface area contributed by atoms with Crippen LogP contribution in [0.1, 0.15) is 30.9 Å². The molecule has 3 rings (SSSR count). The second kappa shape index (κ2) is 4.81. The summed E-state index contributed by atoms with van der Waals surface area (Å²) in [4.78, 5) is 23.8. The average molecular weight is 321 g/mol. The molecule has 1 aliphatic heterocycles. The molecule has 2 N–H and O–H groups in total. The number of benzene rings is 1. The van der Waals surface area contributed by atoms with E-state index < -0.39 is 0 Å². The van der Waals surface area contributed by atoms with Gasteiger partial charge < -0.3 is 10.6 Å². The lowest BCUT2D eigenvalue weighted by Crippen LogP contribution is -2.46. The van der Waals surface area contributed by atoms with Crippen molar-refractivity contribution in [1.82, 2.24) is 10.6 Å². The molecule has 1 aromatic rings. The summed E-state index contributed by atoms with van der Waals surface area (Å²) in [6.07, 6.45) is 2.13. The first-order valence-corrected chi connectivity index (χ1v) is 7.03. The van der Waals surface area contributed by atoms with Gasteiger partial charge in [0.1, 0.15) is 0 Å². The molecule has 1 heterocycles. The number of Topliss-reactive ketones (excluding diaryl/α,β-unsaturated/α-hetero) is 1. The lowest BCUT2D eigenvalue weighted by Gasteiger charge is -2.32. The van der Waals surface area contributed by atoms with E-state index in [1.807, 2.05) is 24.3 Å². The van der Waals surface area contributed by atoms with Crippen molar-refractivity contribution in [2.24, 2.45) is 0 Å². The smallest absolute Gasteiger partial charge is 0.319 e. The Kier molecular flexibility index (Phi) is 3.14. The lowest BCUT2D eigenvalue weighted by atomic mass is 9.85. The van der Waals surface area contributed by atoms with E-state index in [2.05, 4.69) is 26.6 Å². The molecule has 0 fully saturated rings. The summed E-state index contributed by atoms with van der Waals surface area (Å²) in [5, 5.41) is 5.60. The van der Waals surface area contributed by atoms with Crippen molar-refractivity contribution in [2.75, 3.05) is 0 Å². The predicted molar refractivity (Wildman–Crippen MR) is 74.4 cm³/mol. The third-order valence-electron chi connectivity index (χ3n) is 3.49. The van der Waals surface area contributed by atoms with Crippen LogP contribution < -0.4 is 10.6 Å². The molecule has 1 unspecified atom stereocenters. The third kappa shape index (κ3) is 2.30. The first-order valence-electron chi connectivity index (χ1n) is 6.24. The van der Waals surface area contributed by atoms with Crippen LogP contribution in [-0.2, 0) is 4.79 Å². The van der Waals surface area contributed by atoms with Crippen molar-refractivity contribution >= 4 is 27.7 Å². The fourth-order valence-electron chi connectivity index (χ4n) is 2.61. The summed E-state index contributed by atoms with van der Waals surface area (Å²) in [5.41, 5.74) is 2.43. The number of allylic oxidation sites excluding steroid dienone is 1. The second-order valence-corrected chi connectivity index (χ2v) is 5.67. The number of rotatable bonds is 1. The lowest BCUT2D eigenvalue weighted by molar-refractivity contribution is -0.116. The maximum atomic E-state index is 12.1. The largest absolute Gasteiger partial charge is 0.327 e. The van der Waals surface area contributed by atoms with E-state index in [0.717, 1.165) is 28.6 Å². The molecular weight excluding hydrogens is 308 g/mol. The minimum atomic E-state index is -0.329. The monoisotopic (exact) mass is 320 g/mol. The minimum Gasteiger partial charge on any atom is -0.327 e. The molecule has 0 saturated heterocycles. The molecule has 1 atom stereocenters. The van der Waals surface area contributed by atoms with Crippen molar-refractivity contribution in [3.8, 4) is 0 Å². The Balaban J connectivity index is 2.05. The number of nitrogens with one attached hydrogen (secondary N) is 2. The SMILES string of the molecule is O=C1NC2=C(C(=O)CCC2)C(c2ccc(Br)cc2)N1. The number of hydrogen-bond acceptors (Lipinski definition) is 2. The number of urea groups is 1. The van der Waals surface area contributed by atoms with Crippen LogP contribution in [0.15, 0.2) is 40.0 Å². The molecule has 19 heavy (non-hydrogen) atoms. The number of hydrogen-bond donors (Lipinski definition) is 2. The molecule has 0 spiro atoms. The van der Waals surface area contributed by atoms with Gasteiger partial charge in [0.2, 0.25) is 0 Å². The molecule has 0 saturated carbocycles. The van der Waals surface area contributed by atoms with E-state index >= 15 is 0 Å². The van der Waals surface area contributed by atoms with Crippen molar-refractivity contribution < 1.29 is 9.59 Å². The van der Waals surface area contributed by atoms with E-state index in [0.29, 0.717) is 12.0 Å². The molecule has 4 nitrogen and oxygen atoms in total. The van der Waals surface area contributed by atoms with Crippen LogP contribution in [0.5, 0.6) is 0 Å². The van der Waals surface area contributed by atoms with Gasteiger partial charge in [-0.3, -0.25) is 4.79 Å². The summed E-state index contributed by atoms with van der Waals surface area (Å²) >= 11 is 3.38. The van der Waals surface area contributed by atoms with Gasteiger partial charge in [-0.25, -0.2) is 4.79 Å². The normalized spacial score (nSPS) is 22.7. The zero-order chi connectivity index (χ0) is 13.4. The molecule has 98 valence electrons. The average Bonchev–Trinajstić information content (AvgIpc) is 2.38. The van der Waals surface area contributed by atoms with Crippen molar-refractivity contribution in [2.45, 2.75) is 25.3 Å². The summed E-state index contributed by atoms with van der Waals surface area (Å²) in [7, 11) is 0. The summed E-state index contributed by atoms with van der Waals surface area (Å²) in [6.45, 7) is 0. The molecule has 2 amide bonds. The number of ketones is 1. The van der Waals surface area contributed by atoms with Gasteiger partial charge in [-0.05, 0) is 30.5 Å². The standard InChI is InChI=1S/C14H13BrN2O2/c15-9-6-4-8(5-7-9)13-12-10(16-14(19)17-13)2-1-3-11(12)18/h4-7,13H,1-3H2,(H2,16,17,19). The third-order valence-corrected chi connectivity index (χ3v) is 4.02. The highest BCUT2D eigenvalue weighted by molar-refractivity contribution is 9.10. The predicted octanol–water partition coefficient (Wildman–Crippen LogP) is 2.81. The molecule has 1 aliphatic carbocycles. The number of carbonyl (C=O) groups is 2. The fourth-order valence-corrected chi connectivity index (χ4v) is 2.87. The Bertz CT molecular complexity index is 578. The topological polar surface area (TPSA) is 58.2 Å². The van der Waals surface area contributed by atoms with Gasteiger partial charge in [0.05, 0.1) is 6.04 Å². The molecule has 0 bridgehead atoms. The van der Waals surface area contributed by atoms with E-state index in [1.165, 1.54) is 0 Å². The van der Waals surface area contributed by atoms with Gasteiger partial charge in [0, 0.05) is 22.2 Å². The minimum absolute atomic E-state index is 0.127. The van der Waals surface area contributed by atoms with Crippen LogP contribution in [0.2, 0.25) is 0 Å². The number of carbonyl (C=O) groups excluding carboxylic acids is 2. The van der Waals surface area contributed by atoms with Gasteiger partial charge in [0.15, 0.2) is 5.78 Å². The second-order valence-electron chi connectivity index (χ2n) is 4.75. The number of halogens is 1. The van der Waals surface area contributed by atoms with E-state index in [-0.39, 0.29) is 17.9 Å². The fraction of sp³-hybridized carbons (Fsp3) is 0.286. The summed E-state index contributed by atoms with van der Waals surface area (Å²) in [5.74, 6) is 0.127. The Hall–Kier alpha value is -1.62. The number of amides is 2. The quantitative estimate of drug-likeness (QED) is 0.836. The van der Waals surface area contributed by atoms with E-state index in [1.54, 1.807) is 0 Å². The highest BCUT2D eigenvalue weighted by Gasteiger charge is 2.34. The van der Waals surface area contributed by atoms with Crippen LogP contribution in [0.3, 0.4) is 0 Å². The molecule has 1 aromatic carbocycles. The van der Waals surface area contributed by atoms with Crippen molar-refractivity contribution in [1.29, 1.82) is 0 Å². The van der Waals surface area contributed by atoms with Gasteiger partial charge in [-0.15, -0.1) is 0 Å². The van der Waals surface area contributed by atoms with Gasteiger partial charge >= 0.3 is 6.03 Å².